The number of nitrogen functional groups attached to an aromatic ring is 1. The predicted octanol–water partition coefficient (Wildman–Crippen LogP) is 3.13. The predicted molar refractivity (Wildman–Crippen MR) is 78.1 cm³/mol. The molecular formula is C16H22N2O. The van der Waals surface area contributed by atoms with Crippen molar-refractivity contribution in [3.05, 3.63) is 23.8 Å². The molecule has 0 aromatic heterocycles. The van der Waals surface area contributed by atoms with E-state index in [4.69, 9.17) is 5.73 Å². The Hall–Kier alpha value is -1.51. The fourth-order valence-electron chi connectivity index (χ4n) is 3.47. The molecular weight excluding hydrogens is 236 g/mol. The van der Waals surface area contributed by atoms with Crippen LogP contribution in [0.5, 0.6) is 0 Å². The molecule has 1 heterocycles. The number of amides is 1. The lowest BCUT2D eigenvalue weighted by Crippen LogP contribution is -2.30. The Morgan fingerprint density at radius 2 is 2.05 bits per heavy atom. The third kappa shape index (κ3) is 2.46. The van der Waals surface area contributed by atoms with Crippen LogP contribution in [0.2, 0.25) is 0 Å². The van der Waals surface area contributed by atoms with Crippen LogP contribution in [-0.4, -0.2) is 12.5 Å². The monoisotopic (exact) mass is 258 g/mol. The molecule has 1 amide bonds. The fraction of sp³-hybridized carbons (Fsp3) is 0.562. The first-order valence-corrected chi connectivity index (χ1v) is 7.43. The van der Waals surface area contributed by atoms with E-state index in [0.29, 0.717) is 12.3 Å². The van der Waals surface area contributed by atoms with Crippen LogP contribution in [0.15, 0.2) is 18.2 Å². The van der Waals surface area contributed by atoms with Gasteiger partial charge in [0.15, 0.2) is 0 Å². The zero-order chi connectivity index (χ0) is 13.2. The maximum Gasteiger partial charge on any atom is 0.227 e. The number of hydrogen-bond acceptors (Lipinski definition) is 2. The number of benzene rings is 1. The summed E-state index contributed by atoms with van der Waals surface area (Å²) in [7, 11) is 0. The number of anilines is 2. The molecule has 3 nitrogen and oxygen atoms in total. The summed E-state index contributed by atoms with van der Waals surface area (Å²) in [6.07, 6.45) is 8.00. The molecule has 0 spiro atoms. The molecule has 0 bridgehead atoms. The van der Waals surface area contributed by atoms with Crippen LogP contribution in [0.4, 0.5) is 11.4 Å². The molecule has 3 heteroatoms. The number of carbonyl (C=O) groups excluding carboxylic acids is 1. The zero-order valence-electron chi connectivity index (χ0n) is 11.4. The van der Waals surface area contributed by atoms with Gasteiger partial charge in [-0.25, -0.2) is 0 Å². The lowest BCUT2D eigenvalue weighted by atomic mass is 9.86. The van der Waals surface area contributed by atoms with Crippen molar-refractivity contribution in [1.82, 2.24) is 0 Å². The summed E-state index contributed by atoms with van der Waals surface area (Å²) in [6, 6.07) is 5.89. The molecule has 0 atom stereocenters. The average molecular weight is 258 g/mol. The van der Waals surface area contributed by atoms with Gasteiger partial charge in [0.1, 0.15) is 0 Å². The molecule has 2 aliphatic rings. The average Bonchev–Trinajstić information content (AvgIpc) is 2.85. The van der Waals surface area contributed by atoms with Crippen LogP contribution < -0.4 is 10.6 Å². The van der Waals surface area contributed by atoms with E-state index in [-0.39, 0.29) is 5.91 Å². The summed E-state index contributed by atoms with van der Waals surface area (Å²) < 4.78 is 0. The van der Waals surface area contributed by atoms with Crippen molar-refractivity contribution in [2.45, 2.75) is 44.9 Å². The fourth-order valence-corrected chi connectivity index (χ4v) is 3.47. The van der Waals surface area contributed by atoms with Crippen LogP contribution in [0, 0.1) is 5.92 Å². The third-order valence-corrected chi connectivity index (χ3v) is 4.55. The van der Waals surface area contributed by atoms with Gasteiger partial charge in [-0.15, -0.1) is 0 Å². The number of hydrogen-bond donors (Lipinski definition) is 1. The molecule has 0 radical (unpaired) electrons. The van der Waals surface area contributed by atoms with Gasteiger partial charge in [-0.3, -0.25) is 4.79 Å². The van der Waals surface area contributed by atoms with Crippen molar-refractivity contribution in [1.29, 1.82) is 0 Å². The Balaban J connectivity index is 1.71. The maximum absolute atomic E-state index is 12.5. The Morgan fingerprint density at radius 1 is 1.26 bits per heavy atom. The smallest absolute Gasteiger partial charge is 0.227 e. The molecule has 1 aliphatic carbocycles. The highest BCUT2D eigenvalue weighted by Gasteiger charge is 2.27. The molecule has 1 aromatic rings. The first-order chi connectivity index (χ1) is 9.25. The normalized spacial score (nSPS) is 19.5. The summed E-state index contributed by atoms with van der Waals surface area (Å²) in [5, 5.41) is 0. The summed E-state index contributed by atoms with van der Waals surface area (Å²) in [6.45, 7) is 0.801. The lowest BCUT2D eigenvalue weighted by Gasteiger charge is -2.24. The first kappa shape index (κ1) is 12.5. The highest BCUT2D eigenvalue weighted by Crippen LogP contribution is 2.34. The minimum atomic E-state index is 0.288. The highest BCUT2D eigenvalue weighted by atomic mass is 16.2. The van der Waals surface area contributed by atoms with E-state index in [0.717, 1.165) is 29.9 Å². The minimum absolute atomic E-state index is 0.288. The van der Waals surface area contributed by atoms with Crippen LogP contribution in [0.25, 0.3) is 0 Å². The summed E-state index contributed by atoms with van der Waals surface area (Å²) in [5.41, 5.74) is 9.00. The van der Waals surface area contributed by atoms with E-state index in [1.165, 1.54) is 32.1 Å². The van der Waals surface area contributed by atoms with Gasteiger partial charge < -0.3 is 10.6 Å². The van der Waals surface area contributed by atoms with Crippen molar-refractivity contribution >= 4 is 17.3 Å². The van der Waals surface area contributed by atoms with Crippen molar-refractivity contribution in [3.63, 3.8) is 0 Å². The van der Waals surface area contributed by atoms with Gasteiger partial charge in [-0.2, -0.15) is 0 Å². The Kier molecular flexibility index (Phi) is 3.45. The van der Waals surface area contributed by atoms with Gasteiger partial charge in [0, 0.05) is 29.9 Å². The van der Waals surface area contributed by atoms with Crippen LogP contribution in [-0.2, 0) is 11.2 Å². The van der Waals surface area contributed by atoms with Gasteiger partial charge in [0.05, 0.1) is 0 Å². The molecule has 1 aromatic carbocycles. The van der Waals surface area contributed by atoms with E-state index < -0.39 is 0 Å². The first-order valence-electron chi connectivity index (χ1n) is 7.43. The third-order valence-electron chi connectivity index (χ3n) is 4.55. The number of carbonyl (C=O) groups is 1. The summed E-state index contributed by atoms with van der Waals surface area (Å²) in [5.74, 6) is 0.891. The molecule has 0 saturated heterocycles. The zero-order valence-corrected chi connectivity index (χ0v) is 11.4. The van der Waals surface area contributed by atoms with Gasteiger partial charge in [-0.1, -0.05) is 25.3 Å². The SMILES string of the molecule is Nc1cccc2c1CCN2C(=O)CC1CCCCC1. The van der Waals surface area contributed by atoms with Gasteiger partial charge in [-0.05, 0) is 37.3 Å². The molecule has 1 aliphatic heterocycles. The van der Waals surface area contributed by atoms with Crippen molar-refractivity contribution in [3.8, 4) is 0 Å². The molecule has 1 fully saturated rings. The van der Waals surface area contributed by atoms with Crippen molar-refractivity contribution in [2.75, 3.05) is 17.2 Å². The van der Waals surface area contributed by atoms with Crippen molar-refractivity contribution in [2.24, 2.45) is 5.92 Å². The van der Waals surface area contributed by atoms with Crippen LogP contribution >= 0.6 is 0 Å². The second kappa shape index (κ2) is 5.24. The number of rotatable bonds is 2. The number of nitrogens with zero attached hydrogens (tertiary/aromatic N) is 1. The molecule has 19 heavy (non-hydrogen) atoms. The number of nitrogens with two attached hydrogens (primary N) is 1. The molecule has 0 unspecified atom stereocenters. The maximum atomic E-state index is 12.5. The molecule has 3 rings (SSSR count). The van der Waals surface area contributed by atoms with E-state index in [2.05, 4.69) is 0 Å². The van der Waals surface area contributed by atoms with E-state index in [1.807, 2.05) is 23.1 Å². The van der Waals surface area contributed by atoms with E-state index in [1.54, 1.807) is 0 Å². The molecule has 102 valence electrons. The van der Waals surface area contributed by atoms with Crippen molar-refractivity contribution < 1.29 is 4.79 Å². The lowest BCUT2D eigenvalue weighted by molar-refractivity contribution is -0.119. The molecule has 1 saturated carbocycles. The standard InChI is InChI=1S/C16H22N2O/c17-14-7-4-8-15-13(14)9-10-18(15)16(19)11-12-5-2-1-3-6-12/h4,7-8,12H,1-3,5-6,9-11,17H2. The van der Waals surface area contributed by atoms with E-state index in [9.17, 15) is 4.79 Å². The van der Waals surface area contributed by atoms with Gasteiger partial charge in [0.25, 0.3) is 0 Å². The molecule has 2 N–H and O–H groups in total. The largest absolute Gasteiger partial charge is 0.398 e. The minimum Gasteiger partial charge on any atom is -0.398 e. The number of fused-ring (bicyclic) bond motifs is 1. The summed E-state index contributed by atoms with van der Waals surface area (Å²) >= 11 is 0. The second-order valence-corrected chi connectivity index (χ2v) is 5.85. The second-order valence-electron chi connectivity index (χ2n) is 5.85. The van der Waals surface area contributed by atoms with Gasteiger partial charge in [0.2, 0.25) is 5.91 Å². The quantitative estimate of drug-likeness (QED) is 0.828. The van der Waals surface area contributed by atoms with Gasteiger partial charge >= 0.3 is 0 Å². The van der Waals surface area contributed by atoms with E-state index >= 15 is 0 Å². The Labute approximate surface area is 114 Å². The Morgan fingerprint density at radius 3 is 2.84 bits per heavy atom. The highest BCUT2D eigenvalue weighted by molar-refractivity contribution is 5.96. The summed E-state index contributed by atoms with van der Waals surface area (Å²) in [4.78, 5) is 14.4. The Bertz CT molecular complexity index is 478. The van der Waals surface area contributed by atoms with Crippen LogP contribution in [0.3, 0.4) is 0 Å². The topological polar surface area (TPSA) is 46.3 Å². The van der Waals surface area contributed by atoms with Crippen LogP contribution in [0.1, 0.15) is 44.1 Å².